The zero-order valence-electron chi connectivity index (χ0n) is 18.1. The smallest absolute Gasteiger partial charge is 0.291 e. The third-order valence-corrected chi connectivity index (χ3v) is 5.29. The van der Waals surface area contributed by atoms with Crippen LogP contribution in [0.3, 0.4) is 0 Å². The van der Waals surface area contributed by atoms with Gasteiger partial charge in [0.15, 0.2) is 5.76 Å². The van der Waals surface area contributed by atoms with Crippen LogP contribution in [0.25, 0.3) is 11.3 Å². The van der Waals surface area contributed by atoms with E-state index in [4.69, 9.17) is 13.9 Å². The molecule has 0 aliphatic carbocycles. The SMILES string of the molecule is COc1ccc(-c2ccc(C(=O)Nc3ccc([N+](=O)[O-])cc3N3CCOCC3)o2)c([N+](=O)[O-])c1. The first kappa shape index (κ1) is 22.7. The molecule has 1 saturated heterocycles. The van der Waals surface area contributed by atoms with Crippen molar-refractivity contribution in [2.24, 2.45) is 0 Å². The monoisotopic (exact) mass is 468 g/mol. The van der Waals surface area contributed by atoms with Crippen molar-refractivity contribution in [1.82, 2.24) is 0 Å². The minimum Gasteiger partial charge on any atom is -0.497 e. The van der Waals surface area contributed by atoms with Crippen molar-refractivity contribution in [3.05, 3.63) is 74.5 Å². The fraction of sp³-hybridized carbons (Fsp3) is 0.227. The predicted octanol–water partition coefficient (Wildman–Crippen LogP) is 3.86. The topological polar surface area (TPSA) is 150 Å². The van der Waals surface area contributed by atoms with Crippen molar-refractivity contribution in [2.75, 3.05) is 43.6 Å². The second-order valence-electron chi connectivity index (χ2n) is 7.32. The molecule has 0 saturated carbocycles. The third-order valence-electron chi connectivity index (χ3n) is 5.29. The standard InChI is InChI=1S/C22H20N4O8/c1-32-15-3-4-16(18(13-15)26(30)31)20-6-7-21(34-20)22(27)23-17-5-2-14(25(28)29)12-19(17)24-8-10-33-11-9-24/h2-7,12-13H,8-11H2,1H3,(H,23,27). The Morgan fingerprint density at radius 2 is 1.79 bits per heavy atom. The normalized spacial score (nSPS) is 13.4. The molecule has 3 aromatic rings. The molecule has 0 bridgehead atoms. The zero-order valence-corrected chi connectivity index (χ0v) is 18.1. The minimum atomic E-state index is -0.606. The molecule has 4 rings (SSSR count). The molecule has 0 radical (unpaired) electrons. The highest BCUT2D eigenvalue weighted by Gasteiger charge is 2.23. The quantitative estimate of drug-likeness (QED) is 0.403. The lowest BCUT2D eigenvalue weighted by Gasteiger charge is -2.30. The Balaban J connectivity index is 1.61. The lowest BCUT2D eigenvalue weighted by Crippen LogP contribution is -2.36. The summed E-state index contributed by atoms with van der Waals surface area (Å²) >= 11 is 0. The molecule has 2 aromatic carbocycles. The van der Waals surface area contributed by atoms with Gasteiger partial charge < -0.3 is 24.1 Å². The van der Waals surface area contributed by atoms with Crippen LogP contribution >= 0.6 is 0 Å². The number of nitro benzene ring substituents is 2. The van der Waals surface area contributed by atoms with Crippen molar-refractivity contribution in [1.29, 1.82) is 0 Å². The number of nitro groups is 2. The molecule has 176 valence electrons. The average molecular weight is 468 g/mol. The molecule has 2 heterocycles. The number of anilines is 2. The fourth-order valence-electron chi connectivity index (χ4n) is 3.59. The number of carbonyl (C=O) groups is 1. The van der Waals surface area contributed by atoms with Crippen molar-refractivity contribution >= 4 is 28.7 Å². The van der Waals surface area contributed by atoms with Gasteiger partial charge in [-0.15, -0.1) is 0 Å². The van der Waals surface area contributed by atoms with Gasteiger partial charge in [-0.05, 0) is 30.3 Å². The van der Waals surface area contributed by atoms with E-state index in [1.807, 2.05) is 4.90 Å². The number of methoxy groups -OCH3 is 1. The zero-order chi connectivity index (χ0) is 24.2. The van der Waals surface area contributed by atoms with Crippen molar-refractivity contribution in [2.45, 2.75) is 0 Å². The Labute approximate surface area is 193 Å². The number of rotatable bonds is 7. The van der Waals surface area contributed by atoms with Gasteiger partial charge in [0.05, 0.1) is 53.2 Å². The van der Waals surface area contributed by atoms with Gasteiger partial charge in [0, 0.05) is 25.2 Å². The van der Waals surface area contributed by atoms with Crippen LogP contribution in [0.2, 0.25) is 0 Å². The molecule has 1 aliphatic rings. The largest absolute Gasteiger partial charge is 0.497 e. The van der Waals surface area contributed by atoms with Crippen LogP contribution in [0.1, 0.15) is 10.6 Å². The molecule has 0 spiro atoms. The third kappa shape index (κ3) is 4.66. The summed E-state index contributed by atoms with van der Waals surface area (Å²) in [5.41, 5.74) is 0.709. The van der Waals surface area contributed by atoms with E-state index in [1.54, 1.807) is 6.07 Å². The molecule has 1 N–H and O–H groups in total. The number of amides is 1. The Bertz CT molecular complexity index is 1250. The summed E-state index contributed by atoms with van der Waals surface area (Å²) in [6.45, 7) is 1.93. The van der Waals surface area contributed by atoms with E-state index in [1.165, 1.54) is 49.6 Å². The first-order valence-electron chi connectivity index (χ1n) is 10.2. The highest BCUT2D eigenvalue weighted by molar-refractivity contribution is 6.04. The number of hydrogen-bond acceptors (Lipinski definition) is 9. The predicted molar refractivity (Wildman–Crippen MR) is 121 cm³/mol. The lowest BCUT2D eigenvalue weighted by molar-refractivity contribution is -0.384. The number of morpholine rings is 1. The molecule has 12 heteroatoms. The van der Waals surface area contributed by atoms with Crippen molar-refractivity contribution < 1.29 is 28.5 Å². The van der Waals surface area contributed by atoms with Crippen LogP contribution in [0.4, 0.5) is 22.7 Å². The van der Waals surface area contributed by atoms with Crippen LogP contribution in [-0.2, 0) is 4.74 Å². The van der Waals surface area contributed by atoms with Gasteiger partial charge in [-0.3, -0.25) is 25.0 Å². The van der Waals surface area contributed by atoms with Gasteiger partial charge in [0.1, 0.15) is 11.5 Å². The summed E-state index contributed by atoms with van der Waals surface area (Å²) in [6.07, 6.45) is 0. The average Bonchev–Trinajstić information content (AvgIpc) is 3.34. The Hall–Kier alpha value is -4.45. The molecule has 1 aliphatic heterocycles. The molecule has 1 amide bonds. The van der Waals surface area contributed by atoms with E-state index in [0.717, 1.165) is 0 Å². The number of hydrogen-bond donors (Lipinski definition) is 1. The van der Waals surface area contributed by atoms with E-state index in [0.29, 0.717) is 43.4 Å². The van der Waals surface area contributed by atoms with Crippen molar-refractivity contribution in [3.8, 4) is 17.1 Å². The molecule has 34 heavy (non-hydrogen) atoms. The van der Waals surface area contributed by atoms with Crippen LogP contribution in [-0.4, -0.2) is 49.2 Å². The maximum absolute atomic E-state index is 12.9. The second-order valence-corrected chi connectivity index (χ2v) is 7.32. The summed E-state index contributed by atoms with van der Waals surface area (Å²) in [7, 11) is 1.40. The van der Waals surface area contributed by atoms with Crippen molar-refractivity contribution in [3.63, 3.8) is 0 Å². The maximum atomic E-state index is 12.9. The first-order valence-corrected chi connectivity index (χ1v) is 10.2. The van der Waals surface area contributed by atoms with Crippen LogP contribution in [0, 0.1) is 20.2 Å². The van der Waals surface area contributed by atoms with E-state index in [9.17, 15) is 25.0 Å². The molecule has 0 unspecified atom stereocenters. The van der Waals surface area contributed by atoms with Crippen LogP contribution in [0.15, 0.2) is 52.9 Å². The minimum absolute atomic E-state index is 0.0774. The number of benzene rings is 2. The Kier molecular flexibility index (Phi) is 6.41. The second kappa shape index (κ2) is 9.58. The molecular weight excluding hydrogens is 448 g/mol. The van der Waals surface area contributed by atoms with E-state index < -0.39 is 15.8 Å². The first-order chi connectivity index (χ1) is 16.4. The van der Waals surface area contributed by atoms with E-state index in [2.05, 4.69) is 5.32 Å². The Morgan fingerprint density at radius 3 is 2.47 bits per heavy atom. The van der Waals surface area contributed by atoms with Crippen LogP contribution in [0.5, 0.6) is 5.75 Å². The maximum Gasteiger partial charge on any atom is 0.291 e. The van der Waals surface area contributed by atoms with E-state index >= 15 is 0 Å². The fourth-order valence-corrected chi connectivity index (χ4v) is 3.59. The molecule has 12 nitrogen and oxygen atoms in total. The van der Waals surface area contributed by atoms with Gasteiger partial charge in [0.2, 0.25) is 0 Å². The van der Waals surface area contributed by atoms with E-state index in [-0.39, 0.29) is 28.5 Å². The highest BCUT2D eigenvalue weighted by Crippen LogP contribution is 2.35. The van der Waals surface area contributed by atoms with Gasteiger partial charge in [-0.2, -0.15) is 0 Å². The Morgan fingerprint density at radius 1 is 1.03 bits per heavy atom. The summed E-state index contributed by atoms with van der Waals surface area (Å²) in [4.78, 5) is 36.4. The molecule has 0 atom stereocenters. The van der Waals surface area contributed by atoms with Gasteiger partial charge in [-0.25, -0.2) is 0 Å². The molecule has 1 aromatic heterocycles. The van der Waals surface area contributed by atoms with Gasteiger partial charge in [0.25, 0.3) is 17.3 Å². The number of non-ortho nitro benzene ring substituents is 1. The summed E-state index contributed by atoms with van der Waals surface area (Å²) in [5.74, 6) is -0.234. The van der Waals surface area contributed by atoms with Gasteiger partial charge >= 0.3 is 0 Å². The number of carbonyl (C=O) groups excluding carboxylic acids is 1. The van der Waals surface area contributed by atoms with Gasteiger partial charge in [-0.1, -0.05) is 0 Å². The lowest BCUT2D eigenvalue weighted by atomic mass is 10.1. The van der Waals surface area contributed by atoms with Crippen LogP contribution < -0.4 is 15.0 Å². The molecule has 1 fully saturated rings. The number of ether oxygens (including phenoxy) is 2. The number of furan rings is 1. The number of nitrogens with one attached hydrogen (secondary N) is 1. The number of nitrogens with zero attached hydrogens (tertiary/aromatic N) is 3. The summed E-state index contributed by atoms with van der Waals surface area (Å²) in [5, 5.41) is 25.4. The summed E-state index contributed by atoms with van der Waals surface area (Å²) in [6, 6.07) is 11.3. The molecular formula is C22H20N4O8. The highest BCUT2D eigenvalue weighted by atomic mass is 16.6. The summed E-state index contributed by atoms with van der Waals surface area (Å²) < 4.78 is 16.0.